The third-order valence-corrected chi connectivity index (χ3v) is 5.31. The second kappa shape index (κ2) is 10.5. The molecule has 1 aliphatic rings. The SMILES string of the molecule is O=C(COc1ccc(Cl)cc1)Nc1ccc(NC(=O)COc2ccc(Cl)cc2)c2c1C(=O)NC2=O. The highest BCUT2D eigenvalue weighted by Crippen LogP contribution is 2.31. The largest absolute Gasteiger partial charge is 0.484 e. The lowest BCUT2D eigenvalue weighted by atomic mass is 10.0. The van der Waals surface area contributed by atoms with Crippen LogP contribution in [-0.2, 0) is 9.59 Å². The van der Waals surface area contributed by atoms with Crippen LogP contribution in [0.4, 0.5) is 11.4 Å². The summed E-state index contributed by atoms with van der Waals surface area (Å²) in [6.45, 7) is -0.682. The zero-order chi connectivity index (χ0) is 24.9. The lowest BCUT2D eigenvalue weighted by molar-refractivity contribution is -0.118. The van der Waals surface area contributed by atoms with Crippen LogP contribution in [-0.4, -0.2) is 36.8 Å². The highest BCUT2D eigenvalue weighted by molar-refractivity contribution is 6.31. The number of benzene rings is 3. The summed E-state index contributed by atoms with van der Waals surface area (Å²) >= 11 is 11.6. The molecule has 4 rings (SSSR count). The standard InChI is InChI=1S/C24H17Cl2N3O6/c25-13-1-5-15(6-2-13)34-11-19(30)27-17-9-10-18(22-21(17)23(32)29-24(22)33)28-20(31)12-35-16-7-3-14(26)4-8-16/h1-10H,11-12H2,(H,27,30)(H,28,31)(H,29,32,33). The summed E-state index contributed by atoms with van der Waals surface area (Å²) in [5.74, 6) is -1.65. The molecule has 0 atom stereocenters. The van der Waals surface area contributed by atoms with Crippen molar-refractivity contribution in [3.63, 3.8) is 0 Å². The molecule has 0 unspecified atom stereocenters. The van der Waals surface area contributed by atoms with Gasteiger partial charge in [-0.2, -0.15) is 0 Å². The van der Waals surface area contributed by atoms with Crippen LogP contribution in [0.15, 0.2) is 60.7 Å². The molecule has 1 aliphatic heterocycles. The first-order valence-electron chi connectivity index (χ1n) is 10.2. The molecule has 178 valence electrons. The Morgan fingerprint density at radius 2 is 1.03 bits per heavy atom. The van der Waals surface area contributed by atoms with Gasteiger partial charge in [0.2, 0.25) is 0 Å². The van der Waals surface area contributed by atoms with E-state index >= 15 is 0 Å². The molecule has 0 radical (unpaired) electrons. The Morgan fingerprint density at radius 1 is 0.657 bits per heavy atom. The van der Waals surface area contributed by atoms with E-state index < -0.39 is 23.6 Å². The smallest absolute Gasteiger partial charge is 0.262 e. The molecule has 1 heterocycles. The maximum Gasteiger partial charge on any atom is 0.262 e. The van der Waals surface area contributed by atoms with E-state index in [-0.39, 0.29) is 35.7 Å². The van der Waals surface area contributed by atoms with Crippen molar-refractivity contribution >= 4 is 58.2 Å². The topological polar surface area (TPSA) is 123 Å². The van der Waals surface area contributed by atoms with Gasteiger partial charge in [-0.15, -0.1) is 0 Å². The molecule has 0 aliphatic carbocycles. The van der Waals surface area contributed by atoms with Gasteiger partial charge >= 0.3 is 0 Å². The highest BCUT2D eigenvalue weighted by Gasteiger charge is 2.33. The van der Waals surface area contributed by atoms with Crippen molar-refractivity contribution in [3.05, 3.63) is 81.8 Å². The van der Waals surface area contributed by atoms with E-state index in [9.17, 15) is 19.2 Å². The molecule has 11 heteroatoms. The van der Waals surface area contributed by atoms with Crippen LogP contribution < -0.4 is 25.4 Å². The molecule has 0 saturated carbocycles. The minimum absolute atomic E-state index is 0.0636. The predicted molar refractivity (Wildman–Crippen MR) is 129 cm³/mol. The Hall–Kier alpha value is -4.08. The van der Waals surface area contributed by atoms with Gasteiger partial charge in [0.05, 0.1) is 22.5 Å². The summed E-state index contributed by atoms with van der Waals surface area (Å²) in [5.41, 5.74) is 0.0736. The van der Waals surface area contributed by atoms with Crippen LogP contribution in [0, 0.1) is 0 Å². The van der Waals surface area contributed by atoms with Crippen molar-refractivity contribution < 1.29 is 28.7 Å². The number of carbonyl (C=O) groups is 4. The first-order valence-corrected chi connectivity index (χ1v) is 10.9. The number of hydrogen-bond acceptors (Lipinski definition) is 6. The van der Waals surface area contributed by atoms with Crippen molar-refractivity contribution in [3.8, 4) is 11.5 Å². The number of nitrogens with one attached hydrogen (secondary N) is 3. The zero-order valence-electron chi connectivity index (χ0n) is 17.9. The lowest BCUT2D eigenvalue weighted by Crippen LogP contribution is -2.23. The first kappa shape index (κ1) is 24.1. The molecule has 4 amide bonds. The fraction of sp³-hybridized carbons (Fsp3) is 0.0833. The van der Waals surface area contributed by atoms with Gasteiger partial charge in [0.15, 0.2) is 13.2 Å². The van der Waals surface area contributed by atoms with Gasteiger partial charge in [-0.25, -0.2) is 0 Å². The van der Waals surface area contributed by atoms with Gasteiger partial charge in [-0.1, -0.05) is 23.2 Å². The number of amides is 4. The fourth-order valence-electron chi connectivity index (χ4n) is 3.24. The van der Waals surface area contributed by atoms with Gasteiger partial charge < -0.3 is 20.1 Å². The van der Waals surface area contributed by atoms with Crippen LogP contribution in [0.5, 0.6) is 11.5 Å². The Labute approximate surface area is 209 Å². The molecule has 3 aromatic carbocycles. The third kappa shape index (κ3) is 5.89. The summed E-state index contributed by atoms with van der Waals surface area (Å²) in [5, 5.41) is 8.33. The van der Waals surface area contributed by atoms with Crippen LogP contribution in [0.2, 0.25) is 10.0 Å². The summed E-state index contributed by atoms with van der Waals surface area (Å²) in [6, 6.07) is 15.7. The van der Waals surface area contributed by atoms with Gasteiger partial charge in [0.25, 0.3) is 23.6 Å². The number of halogens is 2. The average Bonchev–Trinajstić information content (AvgIpc) is 3.14. The first-order chi connectivity index (χ1) is 16.8. The van der Waals surface area contributed by atoms with Crippen molar-refractivity contribution in [2.45, 2.75) is 0 Å². The van der Waals surface area contributed by atoms with Gasteiger partial charge in [0, 0.05) is 10.0 Å². The highest BCUT2D eigenvalue weighted by atomic mass is 35.5. The number of carbonyl (C=O) groups excluding carboxylic acids is 4. The van der Waals surface area contributed by atoms with E-state index in [0.29, 0.717) is 21.5 Å². The van der Waals surface area contributed by atoms with Crippen molar-refractivity contribution in [2.24, 2.45) is 0 Å². The normalized spacial score (nSPS) is 11.9. The van der Waals surface area contributed by atoms with Crippen molar-refractivity contribution in [1.29, 1.82) is 0 Å². The molecule has 35 heavy (non-hydrogen) atoms. The fourth-order valence-corrected chi connectivity index (χ4v) is 3.49. The van der Waals surface area contributed by atoms with E-state index in [4.69, 9.17) is 32.7 Å². The molecule has 0 fully saturated rings. The molecular formula is C24H17Cl2N3O6. The van der Waals surface area contributed by atoms with Crippen LogP contribution in [0.1, 0.15) is 20.7 Å². The quantitative estimate of drug-likeness (QED) is 0.392. The number of anilines is 2. The number of rotatable bonds is 8. The third-order valence-electron chi connectivity index (χ3n) is 4.80. The molecule has 3 N–H and O–H groups in total. The summed E-state index contributed by atoms with van der Waals surface area (Å²) < 4.78 is 10.8. The van der Waals surface area contributed by atoms with Crippen LogP contribution in [0.3, 0.4) is 0 Å². The maximum atomic E-state index is 12.4. The lowest BCUT2D eigenvalue weighted by Gasteiger charge is -2.13. The monoisotopic (exact) mass is 513 g/mol. The second-order valence-electron chi connectivity index (χ2n) is 7.28. The molecule has 9 nitrogen and oxygen atoms in total. The van der Waals surface area contributed by atoms with E-state index in [1.165, 1.54) is 12.1 Å². The van der Waals surface area contributed by atoms with E-state index in [1.54, 1.807) is 48.5 Å². The van der Waals surface area contributed by atoms with E-state index in [2.05, 4.69) is 16.0 Å². The minimum atomic E-state index is -0.701. The van der Waals surface area contributed by atoms with Gasteiger partial charge in [-0.05, 0) is 60.7 Å². The maximum absolute atomic E-state index is 12.4. The zero-order valence-corrected chi connectivity index (χ0v) is 19.4. The summed E-state index contributed by atoms with van der Waals surface area (Å²) in [7, 11) is 0. The molecule has 0 saturated heterocycles. The number of imide groups is 1. The molecule has 0 spiro atoms. The number of ether oxygens (including phenoxy) is 2. The Morgan fingerprint density at radius 3 is 1.40 bits per heavy atom. The number of hydrogen-bond donors (Lipinski definition) is 3. The molecular weight excluding hydrogens is 497 g/mol. The van der Waals surface area contributed by atoms with Crippen LogP contribution >= 0.6 is 23.2 Å². The summed E-state index contributed by atoms with van der Waals surface area (Å²) in [6.07, 6.45) is 0. The summed E-state index contributed by atoms with van der Waals surface area (Å²) in [4.78, 5) is 49.5. The Kier molecular flexibility index (Phi) is 7.19. The number of fused-ring (bicyclic) bond motifs is 1. The van der Waals surface area contributed by atoms with Gasteiger partial charge in [-0.3, -0.25) is 24.5 Å². The van der Waals surface area contributed by atoms with E-state index in [1.807, 2.05) is 0 Å². The minimum Gasteiger partial charge on any atom is -0.484 e. The average molecular weight is 514 g/mol. The van der Waals surface area contributed by atoms with E-state index in [0.717, 1.165) is 0 Å². The van der Waals surface area contributed by atoms with Gasteiger partial charge in [0.1, 0.15) is 11.5 Å². The molecule has 0 aromatic heterocycles. The predicted octanol–water partition coefficient (Wildman–Crippen LogP) is 3.91. The van der Waals surface area contributed by atoms with Crippen molar-refractivity contribution in [1.82, 2.24) is 5.32 Å². The van der Waals surface area contributed by atoms with Crippen LogP contribution in [0.25, 0.3) is 0 Å². The van der Waals surface area contributed by atoms with Crippen molar-refractivity contribution in [2.75, 3.05) is 23.8 Å². The Bertz CT molecular complexity index is 1210. The Balaban J connectivity index is 1.44. The molecule has 3 aromatic rings. The second-order valence-corrected chi connectivity index (χ2v) is 8.15. The molecule has 0 bridgehead atoms.